The first-order valence-corrected chi connectivity index (χ1v) is 10.2. The van der Waals surface area contributed by atoms with Gasteiger partial charge in [0.2, 0.25) is 17.8 Å². The topological polar surface area (TPSA) is 98.6 Å². The van der Waals surface area contributed by atoms with Gasteiger partial charge >= 0.3 is 0 Å². The molecule has 0 bridgehead atoms. The molecule has 1 aromatic heterocycles. The van der Waals surface area contributed by atoms with Gasteiger partial charge in [0.1, 0.15) is 5.75 Å². The maximum absolute atomic E-state index is 9.92. The lowest BCUT2D eigenvalue weighted by Crippen LogP contribution is -2.31. The largest absolute Gasteiger partial charge is 0.507 e. The summed E-state index contributed by atoms with van der Waals surface area (Å²) in [7, 11) is 0. The van der Waals surface area contributed by atoms with E-state index in [1.165, 1.54) is 18.7 Å². The molecule has 2 heterocycles. The van der Waals surface area contributed by atoms with Crippen LogP contribution in [0.15, 0.2) is 53.6 Å². The van der Waals surface area contributed by atoms with Crippen molar-refractivity contribution in [2.45, 2.75) is 19.3 Å². The molecule has 3 aromatic rings. The molecular weight excluding hydrogens is 402 g/mol. The summed E-state index contributed by atoms with van der Waals surface area (Å²) in [4.78, 5) is 15.7. The smallest absolute Gasteiger partial charge is 0.250 e. The highest BCUT2D eigenvalue weighted by atomic mass is 35.5. The standard InChI is InChI=1S/C21H22ClN7O/c22-16-9-10-18(30)15(13-16)14-23-28-20-25-19(24-17-7-3-1-4-8-17)26-21(27-20)29-11-5-2-6-12-29/h1,3-4,7-10,13-14,30H,2,5-6,11-12H2,(H2,24,25,26,27,28). The van der Waals surface area contributed by atoms with Crippen molar-refractivity contribution >= 4 is 41.3 Å². The number of aromatic hydroxyl groups is 1. The van der Waals surface area contributed by atoms with E-state index < -0.39 is 0 Å². The van der Waals surface area contributed by atoms with Gasteiger partial charge in [-0.2, -0.15) is 20.1 Å². The van der Waals surface area contributed by atoms with Crippen LogP contribution in [0.2, 0.25) is 5.02 Å². The van der Waals surface area contributed by atoms with Crippen molar-refractivity contribution in [3.63, 3.8) is 0 Å². The Bertz CT molecular complexity index is 1020. The zero-order chi connectivity index (χ0) is 20.8. The number of nitrogens with one attached hydrogen (secondary N) is 2. The second-order valence-electron chi connectivity index (χ2n) is 6.89. The Morgan fingerprint density at radius 3 is 2.53 bits per heavy atom. The molecule has 4 rings (SSSR count). The summed E-state index contributed by atoms with van der Waals surface area (Å²) in [5.74, 6) is 1.43. The number of aromatic nitrogens is 3. The van der Waals surface area contributed by atoms with Gasteiger partial charge in [0.05, 0.1) is 6.21 Å². The maximum Gasteiger partial charge on any atom is 0.250 e. The lowest BCUT2D eigenvalue weighted by atomic mass is 10.1. The summed E-state index contributed by atoms with van der Waals surface area (Å²) >= 11 is 5.98. The van der Waals surface area contributed by atoms with Crippen LogP contribution in [0.5, 0.6) is 5.75 Å². The van der Waals surface area contributed by atoms with Gasteiger partial charge in [0.15, 0.2) is 0 Å². The van der Waals surface area contributed by atoms with Crippen LogP contribution < -0.4 is 15.6 Å². The van der Waals surface area contributed by atoms with Gasteiger partial charge in [-0.3, -0.25) is 0 Å². The average molecular weight is 424 g/mol. The number of benzene rings is 2. The molecule has 3 N–H and O–H groups in total. The fraction of sp³-hybridized carbons (Fsp3) is 0.238. The Labute approximate surface area is 179 Å². The first-order valence-electron chi connectivity index (χ1n) is 9.78. The van der Waals surface area contributed by atoms with Crippen molar-refractivity contribution in [3.05, 3.63) is 59.1 Å². The third-order valence-corrected chi connectivity index (χ3v) is 4.89. The van der Waals surface area contributed by atoms with Gasteiger partial charge in [-0.25, -0.2) is 5.43 Å². The first kappa shape index (κ1) is 19.9. The molecule has 1 saturated heterocycles. The minimum atomic E-state index is 0.0843. The monoisotopic (exact) mass is 423 g/mol. The van der Waals surface area contributed by atoms with Gasteiger partial charge in [-0.15, -0.1) is 0 Å². The second-order valence-corrected chi connectivity index (χ2v) is 7.33. The number of halogens is 1. The van der Waals surface area contributed by atoms with Crippen LogP contribution in [0.3, 0.4) is 0 Å². The molecule has 2 aromatic carbocycles. The molecule has 8 nitrogen and oxygen atoms in total. The van der Waals surface area contributed by atoms with E-state index in [0.717, 1.165) is 31.6 Å². The molecule has 1 fully saturated rings. The van der Waals surface area contributed by atoms with Crippen LogP contribution in [-0.4, -0.2) is 39.4 Å². The van der Waals surface area contributed by atoms with Gasteiger partial charge in [0, 0.05) is 29.4 Å². The van der Waals surface area contributed by atoms with Crippen molar-refractivity contribution in [1.82, 2.24) is 15.0 Å². The molecule has 1 aliphatic heterocycles. The fourth-order valence-corrected chi connectivity index (χ4v) is 3.33. The van der Waals surface area contributed by atoms with Crippen LogP contribution in [0.4, 0.5) is 23.5 Å². The highest BCUT2D eigenvalue weighted by Crippen LogP contribution is 2.22. The van der Waals surface area contributed by atoms with Crippen LogP contribution in [-0.2, 0) is 0 Å². The van der Waals surface area contributed by atoms with Crippen LogP contribution in [0.25, 0.3) is 0 Å². The molecule has 0 amide bonds. The number of piperidine rings is 1. The van der Waals surface area contributed by atoms with Crippen molar-refractivity contribution in [1.29, 1.82) is 0 Å². The van der Waals surface area contributed by atoms with Gasteiger partial charge in [-0.1, -0.05) is 29.8 Å². The second kappa shape index (κ2) is 9.41. The maximum atomic E-state index is 9.92. The number of hydrogen-bond donors (Lipinski definition) is 3. The number of hydrogen-bond acceptors (Lipinski definition) is 8. The predicted molar refractivity (Wildman–Crippen MR) is 120 cm³/mol. The van der Waals surface area contributed by atoms with E-state index in [2.05, 4.69) is 35.7 Å². The summed E-state index contributed by atoms with van der Waals surface area (Å²) < 4.78 is 0. The Morgan fingerprint density at radius 1 is 0.967 bits per heavy atom. The van der Waals surface area contributed by atoms with Crippen molar-refractivity contribution in [2.75, 3.05) is 28.7 Å². The number of phenolic OH excluding ortho intramolecular Hbond substituents is 1. The lowest BCUT2D eigenvalue weighted by molar-refractivity contribution is 0.474. The molecule has 0 saturated carbocycles. The molecule has 154 valence electrons. The van der Waals surface area contributed by atoms with E-state index >= 15 is 0 Å². The molecule has 0 unspecified atom stereocenters. The Morgan fingerprint density at radius 2 is 1.73 bits per heavy atom. The molecule has 0 radical (unpaired) electrons. The minimum Gasteiger partial charge on any atom is -0.507 e. The summed E-state index contributed by atoms with van der Waals surface area (Å²) in [6.45, 7) is 1.82. The normalized spacial score (nSPS) is 14.1. The van der Waals surface area contributed by atoms with Crippen LogP contribution >= 0.6 is 11.6 Å². The molecular formula is C21H22ClN7O. The van der Waals surface area contributed by atoms with E-state index in [1.54, 1.807) is 12.1 Å². The van der Waals surface area contributed by atoms with Crippen molar-refractivity contribution in [2.24, 2.45) is 5.10 Å². The molecule has 30 heavy (non-hydrogen) atoms. The summed E-state index contributed by atoms with van der Waals surface area (Å²) in [6.07, 6.45) is 4.91. The molecule has 0 spiro atoms. The van der Waals surface area contributed by atoms with E-state index in [4.69, 9.17) is 11.6 Å². The Balaban J connectivity index is 1.58. The predicted octanol–water partition coefficient (Wildman–Crippen LogP) is 4.41. The zero-order valence-electron chi connectivity index (χ0n) is 16.3. The van der Waals surface area contributed by atoms with Crippen molar-refractivity contribution < 1.29 is 5.11 Å². The van der Waals surface area contributed by atoms with E-state index in [-0.39, 0.29) is 5.75 Å². The van der Waals surface area contributed by atoms with E-state index in [9.17, 15) is 5.11 Å². The van der Waals surface area contributed by atoms with Gasteiger partial charge in [-0.05, 0) is 49.6 Å². The molecule has 9 heteroatoms. The number of nitrogens with zero attached hydrogens (tertiary/aromatic N) is 5. The fourth-order valence-electron chi connectivity index (χ4n) is 3.14. The van der Waals surface area contributed by atoms with E-state index in [0.29, 0.717) is 28.4 Å². The number of rotatable bonds is 6. The van der Waals surface area contributed by atoms with Gasteiger partial charge in [0.25, 0.3) is 0 Å². The number of para-hydroxylation sites is 1. The van der Waals surface area contributed by atoms with Crippen LogP contribution in [0.1, 0.15) is 24.8 Å². The highest BCUT2D eigenvalue weighted by Gasteiger charge is 2.16. The lowest BCUT2D eigenvalue weighted by Gasteiger charge is -2.26. The average Bonchev–Trinajstić information content (AvgIpc) is 2.77. The summed E-state index contributed by atoms with van der Waals surface area (Å²) in [6, 6.07) is 14.5. The molecule has 0 atom stereocenters. The van der Waals surface area contributed by atoms with Crippen LogP contribution in [0, 0.1) is 0 Å². The minimum absolute atomic E-state index is 0.0843. The zero-order valence-corrected chi connectivity index (χ0v) is 17.0. The van der Waals surface area contributed by atoms with Gasteiger partial charge < -0.3 is 15.3 Å². The number of phenols is 1. The summed E-state index contributed by atoms with van der Waals surface area (Å²) in [5, 5.41) is 17.8. The van der Waals surface area contributed by atoms with Crippen molar-refractivity contribution in [3.8, 4) is 5.75 Å². The Hall–Kier alpha value is -3.39. The number of anilines is 4. The SMILES string of the molecule is Oc1ccc(Cl)cc1C=NNc1nc(Nc2ccccc2)nc(N2CCCCC2)n1. The quantitative estimate of drug-likeness (QED) is 0.399. The third kappa shape index (κ3) is 5.15. The summed E-state index contributed by atoms with van der Waals surface area (Å²) in [5.41, 5.74) is 4.20. The first-order chi connectivity index (χ1) is 14.7. The number of hydrazone groups is 1. The molecule has 0 aliphatic carbocycles. The van der Waals surface area contributed by atoms with E-state index in [1.807, 2.05) is 30.3 Å². The molecule has 1 aliphatic rings. The Kier molecular flexibility index (Phi) is 6.24. The third-order valence-electron chi connectivity index (χ3n) is 4.65. The highest BCUT2D eigenvalue weighted by molar-refractivity contribution is 6.30.